The van der Waals surface area contributed by atoms with Crippen LogP contribution in [0.5, 0.6) is 5.75 Å². The van der Waals surface area contributed by atoms with Gasteiger partial charge in [-0.05, 0) is 30.5 Å². The Morgan fingerprint density at radius 3 is 2.79 bits per heavy atom. The van der Waals surface area contributed by atoms with Gasteiger partial charge in [0.25, 0.3) is 0 Å². The quantitative estimate of drug-likeness (QED) is 0.693. The molecule has 0 fully saturated rings. The lowest BCUT2D eigenvalue weighted by atomic mass is 10.1. The summed E-state index contributed by atoms with van der Waals surface area (Å²) in [7, 11) is 1.59. The fourth-order valence-electron chi connectivity index (χ4n) is 2.24. The van der Waals surface area contributed by atoms with Crippen LogP contribution in [0.25, 0.3) is 0 Å². The molecule has 0 aliphatic rings. The summed E-state index contributed by atoms with van der Waals surface area (Å²) in [5.74, 6) is 1.27. The number of benzene rings is 1. The highest BCUT2D eigenvalue weighted by molar-refractivity contribution is 6.30. The van der Waals surface area contributed by atoms with E-state index in [-0.39, 0.29) is 5.91 Å². The summed E-state index contributed by atoms with van der Waals surface area (Å²) < 4.78 is 5.27. The van der Waals surface area contributed by atoms with E-state index in [4.69, 9.17) is 21.6 Å². The van der Waals surface area contributed by atoms with E-state index < -0.39 is 0 Å². The molecule has 1 amide bonds. The first-order valence-electron chi connectivity index (χ1n) is 8.20. The van der Waals surface area contributed by atoms with Gasteiger partial charge in [0.2, 0.25) is 5.91 Å². The van der Waals surface area contributed by atoms with Gasteiger partial charge in [0.15, 0.2) is 0 Å². The first kappa shape index (κ1) is 20.1. The summed E-state index contributed by atoms with van der Waals surface area (Å²) in [4.78, 5) is 14.2. The van der Waals surface area contributed by atoms with E-state index in [1.54, 1.807) is 30.2 Å². The molecule has 0 unspecified atom stereocenters. The van der Waals surface area contributed by atoms with E-state index in [1.165, 1.54) is 0 Å². The van der Waals surface area contributed by atoms with Crippen molar-refractivity contribution in [2.75, 3.05) is 32.1 Å². The van der Waals surface area contributed by atoms with Crippen LogP contribution in [0, 0.1) is 17.2 Å². The molecule has 0 aromatic heterocycles. The highest BCUT2D eigenvalue weighted by atomic mass is 35.5. The summed E-state index contributed by atoms with van der Waals surface area (Å²) in [6, 6.07) is 7.42. The second kappa shape index (κ2) is 10.8. The summed E-state index contributed by atoms with van der Waals surface area (Å²) >= 11 is 5.99. The van der Waals surface area contributed by atoms with E-state index in [0.29, 0.717) is 49.2 Å². The topological polar surface area (TPSA) is 65.4 Å². The van der Waals surface area contributed by atoms with Gasteiger partial charge in [-0.3, -0.25) is 4.79 Å². The van der Waals surface area contributed by atoms with Crippen molar-refractivity contribution in [3.8, 4) is 11.8 Å². The van der Waals surface area contributed by atoms with Crippen LogP contribution >= 0.6 is 11.6 Å². The Labute approximate surface area is 149 Å². The van der Waals surface area contributed by atoms with Gasteiger partial charge in [-0.25, -0.2) is 0 Å². The Balaban J connectivity index is 2.55. The number of halogens is 1. The van der Waals surface area contributed by atoms with Crippen LogP contribution in [-0.4, -0.2) is 37.6 Å². The van der Waals surface area contributed by atoms with Gasteiger partial charge < -0.3 is 15.0 Å². The second-order valence-electron chi connectivity index (χ2n) is 5.99. The SMILES string of the molecule is COc1ccc(Cl)cc1NCCC(=O)N(CCC#N)CCC(C)C. The molecule has 1 N–H and O–H groups in total. The van der Waals surface area contributed by atoms with Crippen molar-refractivity contribution in [2.45, 2.75) is 33.1 Å². The van der Waals surface area contributed by atoms with Crippen molar-refractivity contribution in [3.63, 3.8) is 0 Å². The molecule has 0 spiro atoms. The molecule has 132 valence electrons. The number of amides is 1. The minimum atomic E-state index is 0.0550. The number of nitrogens with zero attached hydrogens (tertiary/aromatic N) is 2. The summed E-state index contributed by atoms with van der Waals surface area (Å²) in [5, 5.41) is 12.6. The van der Waals surface area contributed by atoms with E-state index in [1.807, 2.05) is 0 Å². The lowest BCUT2D eigenvalue weighted by molar-refractivity contribution is -0.131. The predicted molar refractivity (Wildman–Crippen MR) is 97.4 cm³/mol. The highest BCUT2D eigenvalue weighted by Crippen LogP contribution is 2.27. The number of nitriles is 1. The Hall–Kier alpha value is -1.93. The summed E-state index contributed by atoms with van der Waals surface area (Å²) in [5.41, 5.74) is 0.767. The van der Waals surface area contributed by atoms with E-state index in [0.717, 1.165) is 12.1 Å². The van der Waals surface area contributed by atoms with Crippen LogP contribution in [-0.2, 0) is 4.79 Å². The normalized spacial score (nSPS) is 10.3. The number of carbonyl (C=O) groups excluding carboxylic acids is 1. The van der Waals surface area contributed by atoms with Crippen molar-refractivity contribution >= 4 is 23.2 Å². The Kier molecular flexibility index (Phi) is 9.03. The number of hydrogen-bond donors (Lipinski definition) is 1. The molecule has 1 aromatic carbocycles. The van der Waals surface area contributed by atoms with Gasteiger partial charge in [0, 0.05) is 31.1 Å². The van der Waals surface area contributed by atoms with Crippen molar-refractivity contribution < 1.29 is 9.53 Å². The molecule has 0 heterocycles. The smallest absolute Gasteiger partial charge is 0.224 e. The maximum absolute atomic E-state index is 12.4. The average molecular weight is 352 g/mol. The third-order valence-electron chi connectivity index (χ3n) is 3.64. The highest BCUT2D eigenvalue weighted by Gasteiger charge is 2.14. The standard InChI is InChI=1S/C18H26ClN3O2/c1-14(2)8-12-22(11-4-9-20)18(23)7-10-21-16-13-15(19)5-6-17(16)24-3/h5-6,13-14,21H,4,7-8,10-12H2,1-3H3. The monoisotopic (exact) mass is 351 g/mol. The Bertz CT molecular complexity index is 570. The predicted octanol–water partition coefficient (Wildman–Crippen LogP) is 3.94. The van der Waals surface area contributed by atoms with Crippen LogP contribution in [0.3, 0.4) is 0 Å². The third kappa shape index (κ3) is 7.10. The zero-order valence-corrected chi connectivity index (χ0v) is 15.4. The minimum Gasteiger partial charge on any atom is -0.495 e. The van der Waals surface area contributed by atoms with E-state index in [2.05, 4.69) is 25.2 Å². The van der Waals surface area contributed by atoms with E-state index in [9.17, 15) is 4.79 Å². The van der Waals surface area contributed by atoms with Gasteiger partial charge >= 0.3 is 0 Å². The molecule has 0 bridgehead atoms. The van der Waals surface area contributed by atoms with Gasteiger partial charge in [-0.1, -0.05) is 25.4 Å². The summed E-state index contributed by atoms with van der Waals surface area (Å²) in [6.45, 7) is 5.92. The first-order chi connectivity index (χ1) is 11.5. The van der Waals surface area contributed by atoms with Crippen molar-refractivity contribution in [1.82, 2.24) is 4.90 Å². The molecule has 0 saturated heterocycles. The second-order valence-corrected chi connectivity index (χ2v) is 6.43. The molecular formula is C18H26ClN3O2. The maximum Gasteiger partial charge on any atom is 0.224 e. The van der Waals surface area contributed by atoms with Crippen molar-refractivity contribution in [2.24, 2.45) is 5.92 Å². The molecule has 0 atom stereocenters. The lowest BCUT2D eigenvalue weighted by Gasteiger charge is -2.23. The van der Waals surface area contributed by atoms with Crippen LogP contribution in [0.4, 0.5) is 5.69 Å². The molecule has 0 aliphatic carbocycles. The molecule has 0 saturated carbocycles. The molecule has 24 heavy (non-hydrogen) atoms. The number of ether oxygens (including phenoxy) is 1. The fraction of sp³-hybridized carbons (Fsp3) is 0.556. The van der Waals surface area contributed by atoms with Gasteiger partial charge in [-0.15, -0.1) is 0 Å². The lowest BCUT2D eigenvalue weighted by Crippen LogP contribution is -2.34. The van der Waals surface area contributed by atoms with Crippen molar-refractivity contribution in [1.29, 1.82) is 5.26 Å². The number of rotatable bonds is 10. The number of methoxy groups -OCH3 is 1. The zero-order chi connectivity index (χ0) is 17.9. The number of anilines is 1. The van der Waals surface area contributed by atoms with Crippen LogP contribution in [0.1, 0.15) is 33.1 Å². The van der Waals surface area contributed by atoms with Gasteiger partial charge in [0.05, 0.1) is 25.3 Å². The van der Waals surface area contributed by atoms with Gasteiger partial charge in [0.1, 0.15) is 5.75 Å². The van der Waals surface area contributed by atoms with E-state index >= 15 is 0 Å². The first-order valence-corrected chi connectivity index (χ1v) is 8.57. The van der Waals surface area contributed by atoms with Crippen LogP contribution < -0.4 is 10.1 Å². The third-order valence-corrected chi connectivity index (χ3v) is 3.87. The van der Waals surface area contributed by atoms with Crippen LogP contribution in [0.15, 0.2) is 18.2 Å². The van der Waals surface area contributed by atoms with Crippen LogP contribution in [0.2, 0.25) is 5.02 Å². The number of hydrogen-bond acceptors (Lipinski definition) is 4. The average Bonchev–Trinajstić information content (AvgIpc) is 2.54. The van der Waals surface area contributed by atoms with Crippen molar-refractivity contribution in [3.05, 3.63) is 23.2 Å². The van der Waals surface area contributed by atoms with Gasteiger partial charge in [-0.2, -0.15) is 5.26 Å². The Morgan fingerprint density at radius 2 is 2.17 bits per heavy atom. The largest absolute Gasteiger partial charge is 0.495 e. The Morgan fingerprint density at radius 1 is 1.42 bits per heavy atom. The summed E-state index contributed by atoms with van der Waals surface area (Å²) in [6.07, 6.45) is 1.66. The molecule has 0 aliphatic heterocycles. The zero-order valence-electron chi connectivity index (χ0n) is 14.6. The molecule has 6 heteroatoms. The molecule has 0 radical (unpaired) electrons. The molecule has 1 rings (SSSR count). The maximum atomic E-state index is 12.4. The fourth-order valence-corrected chi connectivity index (χ4v) is 2.41. The number of nitrogens with one attached hydrogen (secondary N) is 1. The molecular weight excluding hydrogens is 326 g/mol. The number of carbonyl (C=O) groups is 1. The molecule has 1 aromatic rings. The molecule has 5 nitrogen and oxygen atoms in total. The minimum absolute atomic E-state index is 0.0550.